The Hall–Kier alpha value is -1.95. The van der Waals surface area contributed by atoms with Gasteiger partial charge in [0.25, 0.3) is 0 Å². The summed E-state index contributed by atoms with van der Waals surface area (Å²) in [7, 11) is 0. The maximum atomic E-state index is 10.2. The second kappa shape index (κ2) is 4.71. The first-order valence-electron chi connectivity index (χ1n) is 4.41. The first-order chi connectivity index (χ1) is 7.75. The molecule has 2 rings (SSSR count). The van der Waals surface area contributed by atoms with Crippen LogP contribution in [0.3, 0.4) is 0 Å². The lowest BCUT2D eigenvalue weighted by Crippen LogP contribution is -1.91. The molecule has 0 radical (unpaired) electrons. The van der Waals surface area contributed by atoms with E-state index in [2.05, 4.69) is 15.2 Å². The Balaban J connectivity index is 2.23. The van der Waals surface area contributed by atoms with Crippen molar-refractivity contribution in [3.05, 3.63) is 35.7 Å². The summed E-state index contributed by atoms with van der Waals surface area (Å²) in [6, 6.07) is 7.36. The summed E-state index contributed by atoms with van der Waals surface area (Å²) in [6.07, 6.45) is 1.03. The molecule has 80 valence electrons. The van der Waals surface area contributed by atoms with Crippen molar-refractivity contribution < 1.29 is 9.90 Å². The molecule has 0 amide bonds. The Morgan fingerprint density at radius 1 is 1.25 bits per heavy atom. The summed E-state index contributed by atoms with van der Waals surface area (Å²) in [5, 5.41) is 18.1. The molecule has 1 aromatic heterocycles. The zero-order valence-electron chi connectivity index (χ0n) is 8.07. The Bertz CT molecular complexity index is 557. The highest BCUT2D eigenvalue weighted by Gasteiger charge is 1.99. The van der Waals surface area contributed by atoms with E-state index < -0.39 is 5.97 Å². The van der Waals surface area contributed by atoms with E-state index in [0.717, 1.165) is 23.4 Å². The number of nitrogens with zero attached hydrogens (tertiary/aromatic N) is 3. The normalized spacial score (nSPS) is 11.0. The first kappa shape index (κ1) is 10.6. The Morgan fingerprint density at radius 2 is 2.00 bits per heavy atom. The maximum absolute atomic E-state index is 10.2. The molecule has 5 nitrogen and oxygen atoms in total. The lowest BCUT2D eigenvalue weighted by molar-refractivity contribution is -0.131. The maximum Gasteiger partial charge on any atom is 0.328 e. The van der Waals surface area contributed by atoms with Crippen LogP contribution in [0.1, 0.15) is 0 Å². The molecule has 0 saturated heterocycles. The molecule has 0 saturated carbocycles. The summed E-state index contributed by atoms with van der Waals surface area (Å²) in [4.78, 5) is 14.5. The number of carboxylic acid groups (broad SMARTS) is 1. The van der Waals surface area contributed by atoms with Gasteiger partial charge in [-0.25, -0.2) is 9.78 Å². The molecule has 0 aliphatic rings. The van der Waals surface area contributed by atoms with Crippen LogP contribution in [-0.4, -0.2) is 26.3 Å². The van der Waals surface area contributed by atoms with Gasteiger partial charge in [-0.1, -0.05) is 23.9 Å². The largest absolute Gasteiger partial charge is 0.478 e. The molecule has 1 aromatic carbocycles. The fraction of sp³-hybridized carbons (Fsp3) is 0. The second-order valence-electron chi connectivity index (χ2n) is 2.84. The third-order valence-electron chi connectivity index (χ3n) is 1.73. The average Bonchev–Trinajstić information content (AvgIpc) is 2.28. The van der Waals surface area contributed by atoms with E-state index in [1.807, 2.05) is 24.3 Å². The summed E-state index contributed by atoms with van der Waals surface area (Å²) < 4.78 is 0. The highest BCUT2D eigenvalue weighted by Crippen LogP contribution is 2.15. The summed E-state index contributed by atoms with van der Waals surface area (Å²) >= 11 is 1.12. The van der Waals surface area contributed by atoms with Crippen LogP contribution in [0, 0.1) is 0 Å². The molecule has 0 fully saturated rings. The number of aliphatic carboxylic acids is 1. The zero-order valence-corrected chi connectivity index (χ0v) is 8.89. The van der Waals surface area contributed by atoms with E-state index >= 15 is 0 Å². The number of hydrogen-bond acceptors (Lipinski definition) is 5. The lowest BCUT2D eigenvalue weighted by atomic mass is 10.3. The second-order valence-corrected chi connectivity index (χ2v) is 3.71. The van der Waals surface area contributed by atoms with E-state index in [1.54, 1.807) is 0 Å². The molecular formula is C10H7N3O2S. The van der Waals surface area contributed by atoms with Crippen molar-refractivity contribution in [3.8, 4) is 0 Å². The Morgan fingerprint density at radius 3 is 2.75 bits per heavy atom. The number of benzene rings is 1. The average molecular weight is 233 g/mol. The van der Waals surface area contributed by atoms with Crippen LogP contribution in [0.2, 0.25) is 0 Å². The van der Waals surface area contributed by atoms with Crippen molar-refractivity contribution in [1.29, 1.82) is 0 Å². The van der Waals surface area contributed by atoms with Gasteiger partial charge in [0.15, 0.2) is 0 Å². The molecule has 1 heterocycles. The van der Waals surface area contributed by atoms with Crippen molar-refractivity contribution >= 4 is 28.8 Å². The minimum Gasteiger partial charge on any atom is -0.478 e. The van der Waals surface area contributed by atoms with Crippen LogP contribution in [0.5, 0.6) is 0 Å². The third-order valence-corrected chi connectivity index (χ3v) is 2.38. The Kier molecular flexibility index (Phi) is 3.11. The minimum atomic E-state index is -0.999. The molecule has 16 heavy (non-hydrogen) atoms. The van der Waals surface area contributed by atoms with E-state index in [9.17, 15) is 4.79 Å². The zero-order chi connectivity index (χ0) is 11.4. The fourth-order valence-corrected chi connectivity index (χ4v) is 1.61. The van der Waals surface area contributed by atoms with Crippen molar-refractivity contribution in [2.24, 2.45) is 0 Å². The van der Waals surface area contributed by atoms with Crippen LogP contribution in [-0.2, 0) is 4.79 Å². The number of para-hydroxylation sites is 1. The SMILES string of the molecule is O=C(O)C=CSc1nnc2ccccc2n1. The number of rotatable bonds is 3. The molecule has 0 atom stereocenters. The van der Waals surface area contributed by atoms with E-state index in [4.69, 9.17) is 5.11 Å². The number of aromatic nitrogens is 3. The van der Waals surface area contributed by atoms with Gasteiger partial charge < -0.3 is 5.11 Å². The quantitative estimate of drug-likeness (QED) is 0.642. The van der Waals surface area contributed by atoms with Crippen molar-refractivity contribution in [2.75, 3.05) is 0 Å². The molecular weight excluding hydrogens is 226 g/mol. The van der Waals surface area contributed by atoms with Crippen molar-refractivity contribution in [1.82, 2.24) is 15.2 Å². The van der Waals surface area contributed by atoms with Gasteiger partial charge in [-0.05, 0) is 17.5 Å². The van der Waals surface area contributed by atoms with E-state index in [-0.39, 0.29) is 0 Å². The van der Waals surface area contributed by atoms with Crippen LogP contribution >= 0.6 is 11.8 Å². The van der Waals surface area contributed by atoms with Gasteiger partial charge in [-0.15, -0.1) is 10.2 Å². The topological polar surface area (TPSA) is 76.0 Å². The first-order valence-corrected chi connectivity index (χ1v) is 5.29. The van der Waals surface area contributed by atoms with Crippen molar-refractivity contribution in [3.63, 3.8) is 0 Å². The van der Waals surface area contributed by atoms with E-state index in [1.165, 1.54) is 5.41 Å². The number of fused-ring (bicyclic) bond motifs is 1. The lowest BCUT2D eigenvalue weighted by Gasteiger charge is -1.96. The van der Waals surface area contributed by atoms with Crippen LogP contribution < -0.4 is 0 Å². The minimum absolute atomic E-state index is 0.427. The van der Waals surface area contributed by atoms with E-state index in [0.29, 0.717) is 10.7 Å². The standard InChI is InChI=1S/C10H7N3O2S/c14-9(15)5-6-16-10-11-7-3-1-2-4-8(7)12-13-10/h1-6H,(H,14,15). The molecule has 2 aromatic rings. The van der Waals surface area contributed by atoms with Crippen LogP contribution in [0.25, 0.3) is 11.0 Å². The number of hydrogen-bond donors (Lipinski definition) is 1. The predicted molar refractivity (Wildman–Crippen MR) is 60.0 cm³/mol. The van der Waals surface area contributed by atoms with Gasteiger partial charge in [-0.3, -0.25) is 0 Å². The molecule has 0 bridgehead atoms. The van der Waals surface area contributed by atoms with Gasteiger partial charge in [0.2, 0.25) is 5.16 Å². The van der Waals surface area contributed by atoms with Gasteiger partial charge in [-0.2, -0.15) is 0 Å². The molecule has 6 heteroatoms. The summed E-state index contributed by atoms with van der Waals surface area (Å²) in [5.74, 6) is -0.999. The van der Waals surface area contributed by atoms with Gasteiger partial charge in [0.05, 0.1) is 5.52 Å². The van der Waals surface area contributed by atoms with Crippen molar-refractivity contribution in [2.45, 2.75) is 5.16 Å². The number of thioether (sulfide) groups is 1. The molecule has 0 unspecified atom stereocenters. The highest BCUT2D eigenvalue weighted by atomic mass is 32.2. The van der Waals surface area contributed by atoms with Gasteiger partial charge in [0.1, 0.15) is 5.52 Å². The Labute approximate surface area is 95.2 Å². The van der Waals surface area contributed by atoms with Crippen LogP contribution in [0.15, 0.2) is 40.9 Å². The van der Waals surface area contributed by atoms with Crippen LogP contribution in [0.4, 0.5) is 0 Å². The fourth-order valence-electron chi connectivity index (χ4n) is 1.07. The summed E-state index contributed by atoms with van der Waals surface area (Å²) in [6.45, 7) is 0. The number of carboxylic acids is 1. The van der Waals surface area contributed by atoms with Gasteiger partial charge in [0, 0.05) is 6.08 Å². The molecule has 0 aliphatic carbocycles. The third kappa shape index (κ3) is 2.54. The van der Waals surface area contributed by atoms with Gasteiger partial charge >= 0.3 is 5.97 Å². The predicted octanol–water partition coefficient (Wildman–Crippen LogP) is 1.72. The molecule has 0 aliphatic heterocycles. The monoisotopic (exact) mass is 233 g/mol. The molecule has 0 spiro atoms. The highest BCUT2D eigenvalue weighted by molar-refractivity contribution is 8.02. The molecule has 1 N–H and O–H groups in total. The smallest absolute Gasteiger partial charge is 0.328 e. The summed E-state index contributed by atoms with van der Waals surface area (Å²) in [5.41, 5.74) is 1.46. The number of carbonyl (C=O) groups is 1.